The summed E-state index contributed by atoms with van der Waals surface area (Å²) in [5.41, 5.74) is 0.965. The van der Waals surface area contributed by atoms with Crippen molar-refractivity contribution in [3.05, 3.63) is 34.4 Å². The molecule has 1 fully saturated rings. The highest BCUT2D eigenvalue weighted by atomic mass is 16.2. The lowest BCUT2D eigenvalue weighted by molar-refractivity contribution is -0.136. The molecule has 1 aromatic carbocycles. The van der Waals surface area contributed by atoms with Crippen molar-refractivity contribution >= 4 is 28.4 Å². The summed E-state index contributed by atoms with van der Waals surface area (Å²) in [5.74, 6) is -0.550. The molecule has 2 aliphatic rings. The second-order valence-corrected chi connectivity index (χ2v) is 8.49. The van der Waals surface area contributed by atoms with Crippen molar-refractivity contribution < 1.29 is 9.59 Å². The van der Waals surface area contributed by atoms with E-state index < -0.39 is 11.8 Å². The molecule has 0 radical (unpaired) electrons. The number of carbonyl (C=O) groups excluding carboxylic acids is 2. The van der Waals surface area contributed by atoms with E-state index in [1.165, 1.54) is 19.3 Å². The number of aromatic nitrogens is 2. The molecule has 1 saturated heterocycles. The quantitative estimate of drug-likeness (QED) is 0.565. The smallest absolute Gasteiger partial charge is 0.313 e. The first-order valence-electron chi connectivity index (χ1n) is 11.5. The SMILES string of the molecule is O=C(NCCCN1CCCCC1)C(=O)Nc1ccc2nc3n(c(=O)c2c1)CCCCC3. The second-order valence-electron chi connectivity index (χ2n) is 8.49. The molecule has 0 atom stereocenters. The normalized spacial score (nSPS) is 17.0. The number of amides is 2. The van der Waals surface area contributed by atoms with Crippen LogP contribution in [0.2, 0.25) is 0 Å². The Hall–Kier alpha value is -2.74. The van der Waals surface area contributed by atoms with E-state index in [1.54, 1.807) is 22.8 Å². The first kappa shape index (κ1) is 21.5. The lowest BCUT2D eigenvalue weighted by Gasteiger charge is -2.26. The molecule has 8 heteroatoms. The fourth-order valence-corrected chi connectivity index (χ4v) is 4.45. The highest BCUT2D eigenvalue weighted by molar-refractivity contribution is 6.39. The molecule has 2 aliphatic heterocycles. The van der Waals surface area contributed by atoms with Crippen molar-refractivity contribution in [1.29, 1.82) is 0 Å². The summed E-state index contributed by atoms with van der Waals surface area (Å²) in [6, 6.07) is 5.03. The lowest BCUT2D eigenvalue weighted by Crippen LogP contribution is -2.37. The number of aryl methyl sites for hydroxylation is 1. The maximum absolute atomic E-state index is 12.9. The van der Waals surface area contributed by atoms with Crippen molar-refractivity contribution in [2.75, 3.05) is 31.5 Å². The Kier molecular flexibility index (Phi) is 6.96. The molecule has 166 valence electrons. The number of likely N-dealkylation sites (tertiary alicyclic amines) is 1. The highest BCUT2D eigenvalue weighted by Gasteiger charge is 2.17. The van der Waals surface area contributed by atoms with Gasteiger partial charge in [-0.05, 0) is 69.9 Å². The predicted octanol–water partition coefficient (Wildman–Crippen LogP) is 2.05. The van der Waals surface area contributed by atoms with Crippen LogP contribution < -0.4 is 16.2 Å². The van der Waals surface area contributed by atoms with Gasteiger partial charge < -0.3 is 15.5 Å². The van der Waals surface area contributed by atoms with Crippen molar-refractivity contribution in [3.8, 4) is 0 Å². The van der Waals surface area contributed by atoms with Gasteiger partial charge in [0.2, 0.25) is 0 Å². The van der Waals surface area contributed by atoms with Crippen LogP contribution in [0.15, 0.2) is 23.0 Å². The summed E-state index contributed by atoms with van der Waals surface area (Å²) in [4.78, 5) is 44.4. The number of piperidine rings is 1. The summed E-state index contributed by atoms with van der Waals surface area (Å²) < 4.78 is 1.75. The number of fused-ring (bicyclic) bond motifs is 2. The zero-order valence-corrected chi connectivity index (χ0v) is 18.0. The van der Waals surface area contributed by atoms with Gasteiger partial charge in [0, 0.05) is 25.2 Å². The van der Waals surface area contributed by atoms with Crippen LogP contribution in [-0.2, 0) is 22.6 Å². The Labute approximate surface area is 182 Å². The van der Waals surface area contributed by atoms with Crippen molar-refractivity contribution in [2.24, 2.45) is 0 Å². The second kappa shape index (κ2) is 10.0. The fourth-order valence-electron chi connectivity index (χ4n) is 4.45. The van der Waals surface area contributed by atoms with E-state index >= 15 is 0 Å². The van der Waals surface area contributed by atoms with Gasteiger partial charge in [0.05, 0.1) is 10.9 Å². The molecule has 0 aliphatic carbocycles. The Morgan fingerprint density at radius 1 is 0.968 bits per heavy atom. The number of hydrogen-bond donors (Lipinski definition) is 2. The van der Waals surface area contributed by atoms with E-state index in [1.807, 2.05) is 0 Å². The first-order chi connectivity index (χ1) is 15.1. The van der Waals surface area contributed by atoms with Crippen molar-refractivity contribution in [2.45, 2.75) is 57.9 Å². The summed E-state index contributed by atoms with van der Waals surface area (Å²) in [6.07, 6.45) is 8.50. The Morgan fingerprint density at radius 2 is 1.74 bits per heavy atom. The van der Waals surface area contributed by atoms with Crippen molar-refractivity contribution in [3.63, 3.8) is 0 Å². The average Bonchev–Trinajstić information content (AvgIpc) is 3.03. The number of nitrogens with one attached hydrogen (secondary N) is 2. The molecule has 0 spiro atoms. The number of rotatable bonds is 5. The maximum Gasteiger partial charge on any atom is 0.313 e. The summed E-state index contributed by atoms with van der Waals surface area (Å²) in [7, 11) is 0. The molecule has 3 heterocycles. The number of nitrogens with zero attached hydrogens (tertiary/aromatic N) is 3. The van der Waals surface area contributed by atoms with E-state index in [0.29, 0.717) is 29.7 Å². The monoisotopic (exact) mass is 425 g/mol. The molecule has 4 rings (SSSR count). The van der Waals surface area contributed by atoms with E-state index in [4.69, 9.17) is 0 Å². The van der Waals surface area contributed by atoms with Crippen LogP contribution in [0.1, 0.15) is 50.8 Å². The van der Waals surface area contributed by atoms with E-state index in [-0.39, 0.29) is 5.56 Å². The van der Waals surface area contributed by atoms with Gasteiger partial charge in [-0.3, -0.25) is 19.0 Å². The topological polar surface area (TPSA) is 96.3 Å². The summed E-state index contributed by atoms with van der Waals surface area (Å²) >= 11 is 0. The van der Waals surface area contributed by atoms with E-state index in [0.717, 1.165) is 57.6 Å². The third-order valence-corrected chi connectivity index (χ3v) is 6.16. The zero-order valence-electron chi connectivity index (χ0n) is 18.0. The van der Waals surface area contributed by atoms with Gasteiger partial charge in [0.1, 0.15) is 5.82 Å². The van der Waals surface area contributed by atoms with Gasteiger partial charge in [-0.1, -0.05) is 12.8 Å². The number of benzene rings is 1. The molecule has 2 N–H and O–H groups in total. The lowest BCUT2D eigenvalue weighted by atomic mass is 10.1. The van der Waals surface area contributed by atoms with Gasteiger partial charge in [-0.2, -0.15) is 0 Å². The van der Waals surface area contributed by atoms with Crippen molar-refractivity contribution in [1.82, 2.24) is 19.8 Å². The van der Waals surface area contributed by atoms with Gasteiger partial charge in [0.25, 0.3) is 5.56 Å². The van der Waals surface area contributed by atoms with E-state index in [2.05, 4.69) is 20.5 Å². The zero-order chi connectivity index (χ0) is 21.6. The Balaban J connectivity index is 1.35. The Morgan fingerprint density at radius 3 is 2.58 bits per heavy atom. The van der Waals surface area contributed by atoms with Gasteiger partial charge >= 0.3 is 11.8 Å². The average molecular weight is 426 g/mol. The fraction of sp³-hybridized carbons (Fsp3) is 0.565. The summed E-state index contributed by atoms with van der Waals surface area (Å²) in [5, 5.41) is 5.75. The molecular formula is C23H31N5O3. The first-order valence-corrected chi connectivity index (χ1v) is 11.5. The number of carbonyl (C=O) groups is 2. The third kappa shape index (κ3) is 5.31. The highest BCUT2D eigenvalue weighted by Crippen LogP contribution is 2.18. The molecule has 0 bridgehead atoms. The maximum atomic E-state index is 12.9. The molecule has 2 aromatic rings. The molecule has 1 aromatic heterocycles. The largest absolute Gasteiger partial charge is 0.348 e. The molecule has 2 amide bonds. The molecule has 8 nitrogen and oxygen atoms in total. The summed E-state index contributed by atoms with van der Waals surface area (Å²) in [6.45, 7) is 4.32. The minimum atomic E-state index is -0.722. The van der Waals surface area contributed by atoms with Crippen LogP contribution in [0, 0.1) is 0 Å². The molecular weight excluding hydrogens is 394 g/mol. The van der Waals surface area contributed by atoms with Crippen LogP contribution in [0.5, 0.6) is 0 Å². The molecule has 31 heavy (non-hydrogen) atoms. The standard InChI is InChI=1S/C23H31N5O3/c29-21(24-11-7-14-27-12-4-2-5-13-27)22(30)25-17-9-10-19-18(16-17)23(31)28-15-6-1-3-8-20(28)26-19/h9-10,16H,1-8,11-15H2,(H,24,29)(H,25,30). The van der Waals surface area contributed by atoms with Crippen LogP contribution in [0.25, 0.3) is 10.9 Å². The van der Waals surface area contributed by atoms with Gasteiger partial charge in [0.15, 0.2) is 0 Å². The van der Waals surface area contributed by atoms with Crippen LogP contribution in [0.4, 0.5) is 5.69 Å². The van der Waals surface area contributed by atoms with Crippen LogP contribution >= 0.6 is 0 Å². The van der Waals surface area contributed by atoms with Crippen LogP contribution in [0.3, 0.4) is 0 Å². The minimum Gasteiger partial charge on any atom is -0.348 e. The van der Waals surface area contributed by atoms with Gasteiger partial charge in [-0.25, -0.2) is 4.98 Å². The third-order valence-electron chi connectivity index (χ3n) is 6.16. The molecule has 0 unspecified atom stereocenters. The number of hydrogen-bond acceptors (Lipinski definition) is 5. The number of anilines is 1. The van der Waals surface area contributed by atoms with Gasteiger partial charge in [-0.15, -0.1) is 0 Å². The molecule has 0 saturated carbocycles. The Bertz CT molecular complexity index is 1010. The predicted molar refractivity (Wildman–Crippen MR) is 120 cm³/mol. The van der Waals surface area contributed by atoms with E-state index in [9.17, 15) is 14.4 Å². The van der Waals surface area contributed by atoms with Crippen LogP contribution in [-0.4, -0.2) is 52.4 Å². The minimum absolute atomic E-state index is 0.0832.